The van der Waals surface area contributed by atoms with Crippen molar-refractivity contribution >= 4 is 12.4 Å². The largest absolute Gasteiger partial charge is 0.493 e. The lowest BCUT2D eigenvalue weighted by Gasteiger charge is -2.09. The summed E-state index contributed by atoms with van der Waals surface area (Å²) in [7, 11) is 0. The normalized spacial score (nSPS) is 10.3. The zero-order valence-electron chi connectivity index (χ0n) is 13.3. The number of aryl methyl sites for hydroxylation is 4. The number of nitrogens with one attached hydrogen (secondary N) is 1. The summed E-state index contributed by atoms with van der Waals surface area (Å²) in [4.78, 5) is 0. The molecule has 0 aliphatic carbocycles. The Morgan fingerprint density at radius 3 is 2.48 bits per heavy atom. The third-order valence-corrected chi connectivity index (χ3v) is 3.69. The van der Waals surface area contributed by atoms with Gasteiger partial charge in [-0.3, -0.25) is 5.10 Å². The highest BCUT2D eigenvalue weighted by molar-refractivity contribution is 5.85. The lowest BCUT2D eigenvalue weighted by Crippen LogP contribution is -2.00. The van der Waals surface area contributed by atoms with Gasteiger partial charge >= 0.3 is 0 Å². The van der Waals surface area contributed by atoms with Gasteiger partial charge in [-0.1, -0.05) is 17.7 Å². The van der Waals surface area contributed by atoms with Gasteiger partial charge in [0.25, 0.3) is 0 Å². The molecule has 0 spiro atoms. The molecule has 2 aromatic rings. The fourth-order valence-corrected chi connectivity index (χ4v) is 2.49. The first-order chi connectivity index (χ1) is 9.58. The molecule has 0 bridgehead atoms. The average Bonchev–Trinajstić information content (AvgIpc) is 2.72. The lowest BCUT2D eigenvalue weighted by molar-refractivity contribution is 0.305. The van der Waals surface area contributed by atoms with Crippen LogP contribution in [0, 0.1) is 27.7 Å². The van der Waals surface area contributed by atoms with Crippen molar-refractivity contribution in [1.82, 2.24) is 10.2 Å². The number of unbranched alkanes of at least 4 members (excludes halogenated alkanes) is 1. The molecular weight excluding hydrogens is 284 g/mol. The molecule has 0 fully saturated rings. The molecule has 2 rings (SSSR count). The van der Waals surface area contributed by atoms with Crippen molar-refractivity contribution in [2.75, 3.05) is 6.61 Å². The first-order valence-electron chi connectivity index (χ1n) is 7.28. The molecule has 0 saturated heterocycles. The second-order valence-corrected chi connectivity index (χ2v) is 5.49. The van der Waals surface area contributed by atoms with Crippen LogP contribution in [0.2, 0.25) is 0 Å². The smallest absolute Gasteiger partial charge is 0.122 e. The predicted octanol–water partition coefficient (Wildman–Crippen LogP) is 4.47. The summed E-state index contributed by atoms with van der Waals surface area (Å²) in [6.07, 6.45) is 3.27. The van der Waals surface area contributed by atoms with Crippen molar-refractivity contribution in [3.8, 4) is 5.75 Å². The molecule has 0 radical (unpaired) electrons. The minimum Gasteiger partial charge on any atom is -0.493 e. The molecule has 4 heteroatoms. The molecule has 3 nitrogen and oxygen atoms in total. The van der Waals surface area contributed by atoms with Gasteiger partial charge in [0, 0.05) is 5.69 Å². The van der Waals surface area contributed by atoms with Crippen molar-refractivity contribution in [1.29, 1.82) is 0 Å². The number of hydrogen-bond donors (Lipinski definition) is 1. The maximum Gasteiger partial charge on any atom is 0.122 e. The number of H-pyrrole nitrogens is 1. The van der Waals surface area contributed by atoms with Gasteiger partial charge in [0.1, 0.15) is 5.75 Å². The van der Waals surface area contributed by atoms with E-state index >= 15 is 0 Å². The summed E-state index contributed by atoms with van der Waals surface area (Å²) < 4.78 is 5.85. The Morgan fingerprint density at radius 1 is 1.10 bits per heavy atom. The topological polar surface area (TPSA) is 37.9 Å². The summed E-state index contributed by atoms with van der Waals surface area (Å²) in [6, 6.07) is 6.32. The van der Waals surface area contributed by atoms with E-state index in [1.54, 1.807) is 0 Å². The van der Waals surface area contributed by atoms with Gasteiger partial charge in [-0.15, -0.1) is 12.4 Å². The van der Waals surface area contributed by atoms with Gasteiger partial charge in [-0.05, 0) is 64.2 Å². The number of aromatic amines is 1. The first-order valence-corrected chi connectivity index (χ1v) is 7.28. The monoisotopic (exact) mass is 308 g/mol. The molecule has 1 N–H and O–H groups in total. The van der Waals surface area contributed by atoms with Crippen LogP contribution >= 0.6 is 12.4 Å². The van der Waals surface area contributed by atoms with Crippen molar-refractivity contribution in [3.63, 3.8) is 0 Å². The van der Waals surface area contributed by atoms with Gasteiger partial charge < -0.3 is 4.74 Å². The first kappa shape index (κ1) is 17.6. The van der Waals surface area contributed by atoms with E-state index in [1.165, 1.54) is 22.4 Å². The predicted molar refractivity (Wildman–Crippen MR) is 89.7 cm³/mol. The standard InChI is InChI=1S/C17H24N2O.ClH/c1-12-8-9-17(13(2)11-12)20-10-6-5-7-16-14(3)18-19-15(16)4;/h8-9,11H,5-7,10H2,1-4H3,(H,18,19);1H. The maximum absolute atomic E-state index is 5.85. The number of rotatable bonds is 6. The quantitative estimate of drug-likeness (QED) is 0.800. The van der Waals surface area contributed by atoms with E-state index in [9.17, 15) is 0 Å². The van der Waals surface area contributed by atoms with E-state index in [1.807, 2.05) is 0 Å². The second kappa shape index (κ2) is 8.08. The zero-order valence-corrected chi connectivity index (χ0v) is 14.1. The molecule has 0 aliphatic heterocycles. The highest BCUT2D eigenvalue weighted by atomic mass is 35.5. The molecule has 0 unspecified atom stereocenters. The molecular formula is C17H25ClN2O. The van der Waals surface area contributed by atoms with E-state index < -0.39 is 0 Å². The highest BCUT2D eigenvalue weighted by Crippen LogP contribution is 2.19. The Bertz CT molecular complexity index is 559. The van der Waals surface area contributed by atoms with Crippen LogP contribution < -0.4 is 4.74 Å². The van der Waals surface area contributed by atoms with Gasteiger partial charge in [0.15, 0.2) is 0 Å². The average molecular weight is 309 g/mol. The van der Waals surface area contributed by atoms with E-state index in [2.05, 4.69) is 56.1 Å². The van der Waals surface area contributed by atoms with Crippen LogP contribution in [-0.4, -0.2) is 16.8 Å². The van der Waals surface area contributed by atoms with E-state index in [0.29, 0.717) is 0 Å². The van der Waals surface area contributed by atoms with Crippen LogP contribution in [0.3, 0.4) is 0 Å². The molecule has 21 heavy (non-hydrogen) atoms. The number of nitrogens with zero attached hydrogens (tertiary/aromatic N) is 1. The van der Waals surface area contributed by atoms with Gasteiger partial charge in [-0.25, -0.2) is 0 Å². The molecule has 116 valence electrons. The lowest BCUT2D eigenvalue weighted by atomic mass is 10.1. The van der Waals surface area contributed by atoms with Crippen molar-refractivity contribution < 1.29 is 4.74 Å². The minimum absolute atomic E-state index is 0. The summed E-state index contributed by atoms with van der Waals surface area (Å²) in [5.74, 6) is 1.01. The van der Waals surface area contributed by atoms with Crippen molar-refractivity contribution in [2.24, 2.45) is 0 Å². The fourth-order valence-electron chi connectivity index (χ4n) is 2.49. The number of aromatic nitrogens is 2. The Morgan fingerprint density at radius 2 is 1.86 bits per heavy atom. The molecule has 0 atom stereocenters. The third-order valence-electron chi connectivity index (χ3n) is 3.69. The van der Waals surface area contributed by atoms with Crippen LogP contribution in [0.4, 0.5) is 0 Å². The molecule has 1 heterocycles. The van der Waals surface area contributed by atoms with Crippen LogP contribution in [0.15, 0.2) is 18.2 Å². The van der Waals surface area contributed by atoms with Crippen LogP contribution in [-0.2, 0) is 6.42 Å². The SMILES string of the molecule is Cc1ccc(OCCCCc2c(C)n[nH]c2C)c(C)c1.Cl. The van der Waals surface area contributed by atoms with Crippen molar-refractivity contribution in [2.45, 2.75) is 47.0 Å². The van der Waals surface area contributed by atoms with Crippen LogP contribution in [0.5, 0.6) is 5.75 Å². The number of ether oxygens (including phenoxy) is 1. The third kappa shape index (κ3) is 4.78. The van der Waals surface area contributed by atoms with Gasteiger partial charge in [0.05, 0.1) is 12.3 Å². The summed E-state index contributed by atoms with van der Waals surface area (Å²) in [5.41, 5.74) is 6.17. The van der Waals surface area contributed by atoms with Crippen molar-refractivity contribution in [3.05, 3.63) is 46.3 Å². The molecule has 0 aliphatic rings. The van der Waals surface area contributed by atoms with Crippen LogP contribution in [0.1, 0.15) is 40.9 Å². The Balaban J connectivity index is 0.00000220. The molecule has 0 amide bonds. The van der Waals surface area contributed by atoms with Crippen LogP contribution in [0.25, 0.3) is 0 Å². The molecule has 1 aromatic carbocycles. The minimum atomic E-state index is 0. The number of benzene rings is 1. The molecule has 0 saturated carbocycles. The summed E-state index contributed by atoms with van der Waals surface area (Å²) in [5, 5.41) is 7.26. The summed E-state index contributed by atoms with van der Waals surface area (Å²) in [6.45, 7) is 9.12. The Hall–Kier alpha value is -1.48. The maximum atomic E-state index is 5.85. The number of hydrogen-bond acceptors (Lipinski definition) is 2. The van der Waals surface area contributed by atoms with E-state index in [0.717, 1.165) is 37.3 Å². The van der Waals surface area contributed by atoms with E-state index in [-0.39, 0.29) is 12.4 Å². The number of halogens is 1. The Labute approximate surface area is 133 Å². The van der Waals surface area contributed by atoms with E-state index in [4.69, 9.17) is 4.74 Å². The van der Waals surface area contributed by atoms with Gasteiger partial charge in [-0.2, -0.15) is 5.10 Å². The highest BCUT2D eigenvalue weighted by Gasteiger charge is 2.05. The molecule has 1 aromatic heterocycles. The zero-order chi connectivity index (χ0) is 14.5. The second-order valence-electron chi connectivity index (χ2n) is 5.49. The fraction of sp³-hybridized carbons (Fsp3) is 0.471. The Kier molecular flexibility index (Phi) is 6.76. The summed E-state index contributed by atoms with van der Waals surface area (Å²) >= 11 is 0. The van der Waals surface area contributed by atoms with Gasteiger partial charge in [0.2, 0.25) is 0 Å².